The zero-order valence-electron chi connectivity index (χ0n) is 24.6. The second kappa shape index (κ2) is 24.5. The van der Waals surface area contributed by atoms with Crippen LogP contribution in [-0.4, -0.2) is 109 Å². The van der Waals surface area contributed by atoms with E-state index in [-0.39, 0.29) is 39.6 Å². The van der Waals surface area contributed by atoms with Crippen LogP contribution in [0.3, 0.4) is 0 Å². The zero-order chi connectivity index (χ0) is 29.2. The van der Waals surface area contributed by atoms with Gasteiger partial charge in [-0.05, 0) is 54.4 Å². The Morgan fingerprint density at radius 1 is 0.436 bits per heavy atom. The molecule has 0 aromatic rings. The highest BCUT2D eigenvalue weighted by atomic mass is 28.4. The molecule has 0 saturated carbocycles. The molecule has 0 unspecified atom stereocenters. The Labute approximate surface area is 235 Å². The summed E-state index contributed by atoms with van der Waals surface area (Å²) in [6.07, 6.45) is -0.528. The maximum absolute atomic E-state index is 11.7. The highest BCUT2D eigenvalue weighted by Gasteiger charge is 2.40. The molecule has 0 spiro atoms. The van der Waals surface area contributed by atoms with Crippen molar-refractivity contribution in [2.45, 2.75) is 66.5 Å². The van der Waals surface area contributed by atoms with Gasteiger partial charge < -0.3 is 50.2 Å². The predicted molar refractivity (Wildman–Crippen MR) is 146 cm³/mol. The lowest BCUT2D eigenvalue weighted by molar-refractivity contribution is 0.00512. The lowest BCUT2D eigenvalue weighted by Gasteiger charge is -2.28. The van der Waals surface area contributed by atoms with Gasteiger partial charge in [0.2, 0.25) is 0 Å². The fourth-order valence-electron chi connectivity index (χ4n) is 3.44. The van der Waals surface area contributed by atoms with Crippen molar-refractivity contribution < 1.29 is 59.8 Å². The monoisotopic (exact) mass is 602 g/mol. The molecule has 0 heterocycles. The molecule has 0 radical (unpaired) electrons. The first-order chi connectivity index (χ1) is 18.9. The minimum absolute atomic E-state index is 0.00391. The Hall–Kier alpha value is -1.31. The van der Waals surface area contributed by atoms with Crippen molar-refractivity contribution in [3.05, 3.63) is 0 Å². The van der Waals surface area contributed by atoms with Gasteiger partial charge in [-0.25, -0.2) is 9.59 Å². The average Bonchev–Trinajstić information content (AvgIpc) is 2.89. The third kappa shape index (κ3) is 18.6. The number of ether oxygens (including phenoxy) is 5. The Bertz CT molecular complexity index is 529. The molecule has 0 amide bonds. The first-order valence-corrected chi connectivity index (χ1v) is 17.7. The summed E-state index contributed by atoms with van der Waals surface area (Å²) in [5.41, 5.74) is 0. The number of hydrogen-bond donors (Lipinski definition) is 0. The van der Waals surface area contributed by atoms with E-state index < -0.39 is 29.9 Å². The minimum atomic E-state index is -2.76. The average molecular weight is 603 g/mol. The highest BCUT2D eigenvalue weighted by molar-refractivity contribution is 6.61. The van der Waals surface area contributed by atoms with Crippen LogP contribution in [0.15, 0.2) is 0 Å². The van der Waals surface area contributed by atoms with Gasteiger partial charge in [-0.3, -0.25) is 0 Å². The summed E-state index contributed by atoms with van der Waals surface area (Å²) in [5, 5.41) is 0. The number of carbonyl (C=O) groups excluding carboxylic acids is 2. The molecular weight excluding hydrogens is 552 g/mol. The predicted octanol–water partition coefficient (Wildman–Crippen LogP) is 4.19. The Morgan fingerprint density at radius 2 is 0.718 bits per heavy atom. The summed E-state index contributed by atoms with van der Waals surface area (Å²) >= 11 is 0. The summed E-state index contributed by atoms with van der Waals surface area (Å²) in [4.78, 5) is 23.5. The van der Waals surface area contributed by atoms with E-state index in [1.165, 1.54) is 0 Å². The zero-order valence-corrected chi connectivity index (χ0v) is 26.6. The Kier molecular flexibility index (Phi) is 23.7. The van der Waals surface area contributed by atoms with Crippen molar-refractivity contribution in [3.63, 3.8) is 0 Å². The molecule has 0 aliphatic heterocycles. The smallest absolute Gasteiger partial charge is 0.434 e. The van der Waals surface area contributed by atoms with Crippen LogP contribution in [0.5, 0.6) is 0 Å². The van der Waals surface area contributed by atoms with E-state index in [2.05, 4.69) is 0 Å². The lowest BCUT2D eigenvalue weighted by atomic mass is 10.5. The second-order valence-electron chi connectivity index (χ2n) is 7.68. The van der Waals surface area contributed by atoms with Crippen LogP contribution in [-0.2, 0) is 50.2 Å². The maximum Gasteiger partial charge on any atom is 0.508 e. The highest BCUT2D eigenvalue weighted by Crippen LogP contribution is 2.19. The Balaban J connectivity index is 3.91. The van der Waals surface area contributed by atoms with Crippen molar-refractivity contribution in [2.24, 2.45) is 0 Å². The minimum Gasteiger partial charge on any atom is -0.434 e. The molecule has 0 fully saturated rings. The molecule has 0 rings (SSSR count). The van der Waals surface area contributed by atoms with Crippen molar-refractivity contribution in [2.75, 3.05) is 79.3 Å². The van der Waals surface area contributed by atoms with Gasteiger partial charge in [0.25, 0.3) is 0 Å². The van der Waals surface area contributed by atoms with E-state index in [1.807, 2.05) is 41.5 Å². The van der Waals surface area contributed by atoms with E-state index in [1.54, 1.807) is 0 Å². The molecule has 0 saturated heterocycles. The summed E-state index contributed by atoms with van der Waals surface area (Å²) in [6.45, 7) is 14.8. The molecule has 0 N–H and O–H groups in total. The van der Waals surface area contributed by atoms with Gasteiger partial charge in [-0.15, -0.1) is 0 Å². The van der Waals surface area contributed by atoms with Crippen LogP contribution in [0, 0.1) is 0 Å². The van der Waals surface area contributed by atoms with Gasteiger partial charge >= 0.3 is 29.9 Å². The van der Waals surface area contributed by atoms with E-state index >= 15 is 0 Å². The van der Waals surface area contributed by atoms with Crippen LogP contribution in [0.4, 0.5) is 9.59 Å². The van der Waals surface area contributed by atoms with Crippen LogP contribution >= 0.6 is 0 Å². The van der Waals surface area contributed by atoms with Crippen LogP contribution in [0.1, 0.15) is 54.4 Å². The van der Waals surface area contributed by atoms with E-state index in [0.29, 0.717) is 64.6 Å². The van der Waals surface area contributed by atoms with Gasteiger partial charge in [-0.2, -0.15) is 0 Å². The van der Waals surface area contributed by atoms with Gasteiger partial charge in [0.1, 0.15) is 13.2 Å². The van der Waals surface area contributed by atoms with Crippen LogP contribution < -0.4 is 0 Å². The summed E-state index contributed by atoms with van der Waals surface area (Å²) in [5.74, 6) is 0. The molecule has 0 aliphatic rings. The molecule has 0 aromatic heterocycles. The van der Waals surface area contributed by atoms with Crippen molar-refractivity contribution in [1.29, 1.82) is 0 Å². The van der Waals surface area contributed by atoms with Gasteiger partial charge in [-0.1, -0.05) is 0 Å². The first-order valence-electron chi connectivity index (χ1n) is 13.9. The molecule has 15 heteroatoms. The van der Waals surface area contributed by atoms with E-state index in [0.717, 1.165) is 0 Å². The molecule has 0 bridgehead atoms. The summed E-state index contributed by atoms with van der Waals surface area (Å²) < 4.78 is 59.9. The lowest BCUT2D eigenvalue weighted by Crippen LogP contribution is -2.46. The number of rotatable bonds is 26. The SMILES string of the molecule is CCO[Si](CCCOC(=O)OCCOCCOC(=O)OCCC[Si](OCC)(OCC)OCC)(OCC)OCC. The quantitative estimate of drug-likeness (QED) is 0.0796. The fourth-order valence-corrected chi connectivity index (χ4v) is 8.60. The summed E-state index contributed by atoms with van der Waals surface area (Å²) in [7, 11) is -5.51. The van der Waals surface area contributed by atoms with Crippen LogP contribution in [0.2, 0.25) is 12.1 Å². The largest absolute Gasteiger partial charge is 0.508 e. The molecule has 0 aliphatic carbocycles. The normalized spacial score (nSPS) is 11.8. The van der Waals surface area contributed by atoms with Gasteiger partial charge in [0.15, 0.2) is 0 Å². The van der Waals surface area contributed by atoms with Gasteiger partial charge in [0.05, 0.1) is 26.4 Å². The topological polar surface area (TPSA) is 136 Å². The van der Waals surface area contributed by atoms with E-state index in [9.17, 15) is 9.59 Å². The summed E-state index contributed by atoms with van der Waals surface area (Å²) in [6, 6.07) is 1.08. The van der Waals surface area contributed by atoms with Gasteiger partial charge in [0, 0.05) is 51.7 Å². The fraction of sp³-hybridized carbons (Fsp3) is 0.917. The second-order valence-corrected chi connectivity index (χ2v) is 13.1. The number of hydrogen-bond acceptors (Lipinski definition) is 13. The van der Waals surface area contributed by atoms with E-state index in [4.69, 9.17) is 50.2 Å². The maximum atomic E-state index is 11.7. The molecule has 0 atom stereocenters. The molecule has 13 nitrogen and oxygen atoms in total. The third-order valence-corrected chi connectivity index (χ3v) is 11.1. The molecule has 232 valence electrons. The van der Waals surface area contributed by atoms with Crippen molar-refractivity contribution in [1.82, 2.24) is 0 Å². The first kappa shape index (κ1) is 37.7. The standard InChI is InChI=1S/C24H50O13Si2/c1-7-32-38(33-8-2,34-9-3)21-13-15-28-23(25)30-19-17-27-18-20-31-24(26)29-16-14-22-39(35-10-4,36-11-5)37-12-6/h7-22H2,1-6H3. The molecular formula is C24H50O13Si2. The number of carbonyl (C=O) groups is 2. The third-order valence-electron chi connectivity index (χ3n) is 4.78. The Morgan fingerprint density at radius 3 is 1.00 bits per heavy atom. The molecule has 0 aromatic carbocycles. The van der Waals surface area contributed by atoms with Crippen molar-refractivity contribution >= 4 is 29.9 Å². The van der Waals surface area contributed by atoms with Crippen LogP contribution in [0.25, 0.3) is 0 Å². The van der Waals surface area contributed by atoms with Crippen molar-refractivity contribution in [3.8, 4) is 0 Å². The molecule has 39 heavy (non-hydrogen) atoms.